The molecule has 0 spiro atoms. The number of aromatic nitrogens is 2. The summed E-state index contributed by atoms with van der Waals surface area (Å²) in [6.45, 7) is 3.56. The topological polar surface area (TPSA) is 131 Å². The molecular formula is C19H24N6O4. The second kappa shape index (κ2) is 9.30. The molecule has 0 radical (unpaired) electrons. The molecule has 2 atom stereocenters. The first-order chi connectivity index (χ1) is 14.0. The lowest BCUT2D eigenvalue weighted by Crippen LogP contribution is -2.58. The first kappa shape index (κ1) is 20.5. The van der Waals surface area contributed by atoms with Crippen LogP contribution in [0.5, 0.6) is 0 Å². The number of amides is 3. The second-order valence-corrected chi connectivity index (χ2v) is 6.79. The molecule has 154 valence electrons. The number of nitrogens with zero attached hydrogens (tertiary/aromatic N) is 4. The molecule has 2 heterocycles. The maximum absolute atomic E-state index is 12.4. The van der Waals surface area contributed by atoms with Gasteiger partial charge in [-0.15, -0.1) is 0 Å². The number of aliphatic hydroxyl groups excluding tert-OH is 1. The number of hydrogen-bond acceptors (Lipinski definition) is 7. The van der Waals surface area contributed by atoms with E-state index < -0.39 is 24.1 Å². The maximum atomic E-state index is 12.4. The van der Waals surface area contributed by atoms with Crippen molar-refractivity contribution in [2.75, 3.05) is 31.1 Å². The molecular weight excluding hydrogens is 376 g/mol. The number of urea groups is 1. The number of nitrogens with one attached hydrogen (secondary N) is 2. The predicted molar refractivity (Wildman–Crippen MR) is 105 cm³/mol. The summed E-state index contributed by atoms with van der Waals surface area (Å²) in [6.07, 6.45) is 3.88. The highest BCUT2D eigenvalue weighted by molar-refractivity contribution is 5.87. The number of hydrogen-bond donors (Lipinski definition) is 4. The van der Waals surface area contributed by atoms with E-state index in [9.17, 15) is 14.7 Å². The third kappa shape index (κ3) is 4.98. The Morgan fingerprint density at radius 3 is 2.21 bits per heavy atom. The van der Waals surface area contributed by atoms with Gasteiger partial charge in [0.25, 0.3) is 5.91 Å². The summed E-state index contributed by atoms with van der Waals surface area (Å²) < 4.78 is 0. The van der Waals surface area contributed by atoms with Gasteiger partial charge in [0, 0.05) is 49.8 Å². The minimum Gasteiger partial charge on any atom is -0.391 e. The molecule has 3 rings (SSSR count). The lowest BCUT2D eigenvalue weighted by atomic mass is 10.1. The summed E-state index contributed by atoms with van der Waals surface area (Å²) in [6, 6.07) is 6.38. The van der Waals surface area contributed by atoms with Crippen LogP contribution in [0, 0.1) is 0 Å². The van der Waals surface area contributed by atoms with Crippen LogP contribution >= 0.6 is 0 Å². The Kier molecular flexibility index (Phi) is 6.57. The monoisotopic (exact) mass is 400 g/mol. The van der Waals surface area contributed by atoms with Crippen LogP contribution in [0.25, 0.3) is 11.1 Å². The molecule has 0 saturated carbocycles. The number of piperazine rings is 1. The van der Waals surface area contributed by atoms with Crippen molar-refractivity contribution < 1.29 is 19.9 Å². The fourth-order valence-corrected chi connectivity index (χ4v) is 3.18. The van der Waals surface area contributed by atoms with Gasteiger partial charge in [-0.2, -0.15) is 0 Å². The highest BCUT2D eigenvalue weighted by Crippen LogP contribution is 2.23. The van der Waals surface area contributed by atoms with E-state index in [2.05, 4.69) is 20.2 Å². The van der Waals surface area contributed by atoms with E-state index in [0.717, 1.165) is 16.8 Å². The third-order valence-corrected chi connectivity index (χ3v) is 4.85. The van der Waals surface area contributed by atoms with Gasteiger partial charge in [-0.3, -0.25) is 10.0 Å². The number of hydroxylamine groups is 1. The van der Waals surface area contributed by atoms with Gasteiger partial charge >= 0.3 is 6.03 Å². The number of rotatable bonds is 5. The van der Waals surface area contributed by atoms with Crippen molar-refractivity contribution in [1.82, 2.24) is 25.7 Å². The van der Waals surface area contributed by atoms with Crippen molar-refractivity contribution in [3.8, 4) is 11.1 Å². The zero-order chi connectivity index (χ0) is 20.8. The number of anilines is 1. The zero-order valence-corrected chi connectivity index (χ0v) is 16.0. The summed E-state index contributed by atoms with van der Waals surface area (Å²) in [7, 11) is 0. The maximum Gasteiger partial charge on any atom is 0.318 e. The predicted octanol–water partition coefficient (Wildman–Crippen LogP) is 0.230. The lowest BCUT2D eigenvalue weighted by molar-refractivity contribution is -0.133. The summed E-state index contributed by atoms with van der Waals surface area (Å²) in [5.41, 5.74) is 4.47. The number of benzene rings is 1. The fraction of sp³-hybridized carbons (Fsp3) is 0.368. The van der Waals surface area contributed by atoms with E-state index >= 15 is 0 Å². The largest absolute Gasteiger partial charge is 0.391 e. The van der Waals surface area contributed by atoms with E-state index in [0.29, 0.717) is 26.2 Å². The smallest absolute Gasteiger partial charge is 0.318 e. The molecule has 0 unspecified atom stereocenters. The molecule has 10 nitrogen and oxygen atoms in total. The van der Waals surface area contributed by atoms with Crippen molar-refractivity contribution in [2.45, 2.75) is 19.1 Å². The Morgan fingerprint density at radius 1 is 1.03 bits per heavy atom. The first-order valence-corrected chi connectivity index (χ1v) is 9.27. The van der Waals surface area contributed by atoms with Crippen molar-refractivity contribution in [1.29, 1.82) is 0 Å². The Balaban J connectivity index is 1.56. The van der Waals surface area contributed by atoms with Gasteiger partial charge < -0.3 is 20.2 Å². The molecule has 1 aromatic carbocycles. The van der Waals surface area contributed by atoms with Gasteiger partial charge in [-0.05, 0) is 24.6 Å². The van der Waals surface area contributed by atoms with Crippen LogP contribution in [-0.4, -0.2) is 75.4 Å². The first-order valence-electron chi connectivity index (χ1n) is 9.27. The molecule has 4 N–H and O–H groups in total. The molecule has 2 aromatic rings. The molecule has 1 fully saturated rings. The number of carbonyl (C=O) groups excluding carboxylic acids is 2. The van der Waals surface area contributed by atoms with Crippen LogP contribution in [0.4, 0.5) is 10.5 Å². The Hall–Kier alpha value is -3.24. The highest BCUT2D eigenvalue weighted by Gasteiger charge is 2.29. The molecule has 29 heavy (non-hydrogen) atoms. The summed E-state index contributed by atoms with van der Waals surface area (Å²) in [5.74, 6) is -0.865. The molecule has 0 aliphatic carbocycles. The van der Waals surface area contributed by atoms with Crippen LogP contribution < -0.4 is 15.7 Å². The number of aliphatic hydroxyl groups is 1. The van der Waals surface area contributed by atoms with Gasteiger partial charge in [0.1, 0.15) is 12.4 Å². The summed E-state index contributed by atoms with van der Waals surface area (Å²) in [4.78, 5) is 35.8. The van der Waals surface area contributed by atoms with Crippen LogP contribution in [-0.2, 0) is 4.79 Å². The van der Waals surface area contributed by atoms with E-state index in [1.807, 2.05) is 24.3 Å². The standard InChI is InChI=1S/C19H24N6O4/c1-13(26)17(18(27)23-29)22-19(28)25-8-6-24(7-9-25)16-4-2-14(3-5-16)15-10-20-12-21-11-15/h2-5,10-13,17,26,29H,6-9H2,1H3,(H,22,28)(H,23,27)/t13-,17+/m0/s1. The normalized spacial score (nSPS) is 16.1. The highest BCUT2D eigenvalue weighted by atomic mass is 16.5. The molecule has 1 aliphatic rings. The molecule has 0 bridgehead atoms. The number of carbonyl (C=O) groups is 2. The average molecular weight is 400 g/mol. The minimum atomic E-state index is -1.22. The molecule has 1 saturated heterocycles. The fourth-order valence-electron chi connectivity index (χ4n) is 3.18. The van der Waals surface area contributed by atoms with Gasteiger partial charge in [0.2, 0.25) is 0 Å². The quantitative estimate of drug-likeness (QED) is 0.417. The second-order valence-electron chi connectivity index (χ2n) is 6.79. The van der Waals surface area contributed by atoms with Gasteiger partial charge in [0.05, 0.1) is 6.10 Å². The van der Waals surface area contributed by atoms with Crippen LogP contribution in [0.3, 0.4) is 0 Å². The van der Waals surface area contributed by atoms with Crippen molar-refractivity contribution in [2.24, 2.45) is 0 Å². The van der Waals surface area contributed by atoms with Crippen LogP contribution in [0.2, 0.25) is 0 Å². The molecule has 1 aromatic heterocycles. The molecule has 10 heteroatoms. The van der Waals surface area contributed by atoms with E-state index in [1.54, 1.807) is 17.3 Å². The Morgan fingerprint density at radius 2 is 1.66 bits per heavy atom. The zero-order valence-electron chi connectivity index (χ0n) is 16.0. The van der Waals surface area contributed by atoms with Gasteiger partial charge in [0.15, 0.2) is 0 Å². The van der Waals surface area contributed by atoms with Crippen molar-refractivity contribution >= 4 is 17.6 Å². The van der Waals surface area contributed by atoms with Crippen LogP contribution in [0.15, 0.2) is 43.0 Å². The molecule has 3 amide bonds. The SMILES string of the molecule is C[C@H](O)[C@@H](NC(=O)N1CCN(c2ccc(-c3cncnc3)cc2)CC1)C(=O)NO. The Labute approximate surface area is 168 Å². The molecule has 1 aliphatic heterocycles. The van der Waals surface area contributed by atoms with E-state index in [4.69, 9.17) is 5.21 Å². The van der Waals surface area contributed by atoms with Crippen molar-refractivity contribution in [3.63, 3.8) is 0 Å². The van der Waals surface area contributed by atoms with E-state index in [1.165, 1.54) is 18.7 Å². The van der Waals surface area contributed by atoms with Gasteiger partial charge in [-0.25, -0.2) is 20.2 Å². The third-order valence-electron chi connectivity index (χ3n) is 4.85. The van der Waals surface area contributed by atoms with E-state index in [-0.39, 0.29) is 0 Å². The van der Waals surface area contributed by atoms with Gasteiger partial charge in [-0.1, -0.05) is 12.1 Å². The van der Waals surface area contributed by atoms with Crippen LogP contribution in [0.1, 0.15) is 6.92 Å². The van der Waals surface area contributed by atoms with Crippen molar-refractivity contribution in [3.05, 3.63) is 43.0 Å². The Bertz CT molecular complexity index is 822. The summed E-state index contributed by atoms with van der Waals surface area (Å²) in [5, 5.41) is 20.8. The lowest BCUT2D eigenvalue weighted by Gasteiger charge is -2.36. The minimum absolute atomic E-state index is 0.460. The average Bonchev–Trinajstić information content (AvgIpc) is 2.77. The summed E-state index contributed by atoms with van der Waals surface area (Å²) >= 11 is 0.